The summed E-state index contributed by atoms with van der Waals surface area (Å²) in [5.41, 5.74) is 0. The van der Waals surface area contributed by atoms with Gasteiger partial charge in [-0.25, -0.2) is 4.39 Å². The molecule has 2 aromatic rings. The molecule has 0 aliphatic heterocycles. The van der Waals surface area contributed by atoms with Gasteiger partial charge in [-0.05, 0) is 58.4 Å². The van der Waals surface area contributed by atoms with Crippen molar-refractivity contribution in [1.82, 2.24) is 0 Å². The highest BCUT2D eigenvalue weighted by molar-refractivity contribution is 9.10. The number of ether oxygens (including phenoxy) is 1. The Labute approximate surface area is 112 Å². The van der Waals surface area contributed by atoms with Gasteiger partial charge in [-0.2, -0.15) is 0 Å². The van der Waals surface area contributed by atoms with Crippen molar-refractivity contribution in [3.8, 4) is 5.75 Å². The third-order valence-corrected chi connectivity index (χ3v) is 4.20. The van der Waals surface area contributed by atoms with Crippen molar-refractivity contribution in [3.05, 3.63) is 52.8 Å². The average Bonchev–Trinajstić information content (AvgIpc) is 2.35. The van der Waals surface area contributed by atoms with Gasteiger partial charge < -0.3 is 4.74 Å². The van der Waals surface area contributed by atoms with E-state index in [1.165, 1.54) is 23.9 Å². The first-order valence-corrected chi connectivity index (χ1v) is 6.57. The lowest BCUT2D eigenvalue weighted by Gasteiger charge is -2.05. The van der Waals surface area contributed by atoms with Crippen LogP contribution < -0.4 is 4.74 Å². The summed E-state index contributed by atoms with van der Waals surface area (Å²) in [6.45, 7) is 0. The molecular weight excluding hydrogens is 303 g/mol. The molecule has 0 N–H and O–H groups in total. The van der Waals surface area contributed by atoms with E-state index in [1.807, 2.05) is 24.3 Å². The van der Waals surface area contributed by atoms with Crippen LogP contribution in [0.4, 0.5) is 4.39 Å². The number of benzene rings is 2. The van der Waals surface area contributed by atoms with Gasteiger partial charge in [0, 0.05) is 14.3 Å². The first-order valence-electron chi connectivity index (χ1n) is 4.96. The number of hydrogen-bond donors (Lipinski definition) is 0. The maximum Gasteiger partial charge on any atom is 0.124 e. The molecule has 0 atom stereocenters. The zero-order valence-corrected chi connectivity index (χ0v) is 11.5. The van der Waals surface area contributed by atoms with Gasteiger partial charge in [-0.1, -0.05) is 11.8 Å². The van der Waals surface area contributed by atoms with Crippen LogP contribution in [0.1, 0.15) is 0 Å². The van der Waals surface area contributed by atoms with E-state index < -0.39 is 0 Å². The van der Waals surface area contributed by atoms with E-state index in [4.69, 9.17) is 4.74 Å². The van der Waals surface area contributed by atoms with Crippen molar-refractivity contribution in [2.45, 2.75) is 9.79 Å². The van der Waals surface area contributed by atoms with Gasteiger partial charge in [0.2, 0.25) is 0 Å². The Balaban J connectivity index is 2.22. The van der Waals surface area contributed by atoms with Crippen molar-refractivity contribution < 1.29 is 9.13 Å². The van der Waals surface area contributed by atoms with Crippen LogP contribution in [0.2, 0.25) is 0 Å². The van der Waals surface area contributed by atoms with Crippen molar-refractivity contribution in [2.75, 3.05) is 7.11 Å². The van der Waals surface area contributed by atoms with Crippen molar-refractivity contribution >= 4 is 27.7 Å². The molecule has 2 rings (SSSR count). The molecule has 0 saturated heterocycles. The van der Waals surface area contributed by atoms with Gasteiger partial charge >= 0.3 is 0 Å². The quantitative estimate of drug-likeness (QED) is 0.809. The predicted octanol–water partition coefficient (Wildman–Crippen LogP) is 4.75. The first-order chi connectivity index (χ1) is 8.19. The third-order valence-electron chi connectivity index (χ3n) is 2.18. The fourth-order valence-corrected chi connectivity index (χ4v) is 2.68. The molecular formula is C13H10BrFOS. The van der Waals surface area contributed by atoms with E-state index in [2.05, 4.69) is 15.9 Å². The van der Waals surface area contributed by atoms with E-state index in [9.17, 15) is 4.39 Å². The lowest BCUT2D eigenvalue weighted by molar-refractivity contribution is 0.414. The fourth-order valence-electron chi connectivity index (χ4n) is 1.33. The molecule has 0 bridgehead atoms. The molecule has 4 heteroatoms. The molecule has 88 valence electrons. The van der Waals surface area contributed by atoms with E-state index in [1.54, 1.807) is 13.2 Å². The van der Waals surface area contributed by atoms with Gasteiger partial charge in [0.05, 0.1) is 7.11 Å². The Hall–Kier alpha value is -1.00. The first kappa shape index (κ1) is 12.5. The van der Waals surface area contributed by atoms with Gasteiger partial charge in [-0.15, -0.1) is 0 Å². The fraction of sp³-hybridized carbons (Fsp3) is 0.0769. The van der Waals surface area contributed by atoms with Crippen molar-refractivity contribution in [2.24, 2.45) is 0 Å². The Morgan fingerprint density at radius 1 is 1.12 bits per heavy atom. The van der Waals surface area contributed by atoms with Crippen LogP contribution in [0, 0.1) is 5.82 Å². The minimum atomic E-state index is -0.232. The summed E-state index contributed by atoms with van der Waals surface area (Å²) < 4.78 is 19.1. The van der Waals surface area contributed by atoms with Crippen molar-refractivity contribution in [3.63, 3.8) is 0 Å². The zero-order valence-electron chi connectivity index (χ0n) is 9.11. The zero-order chi connectivity index (χ0) is 12.3. The van der Waals surface area contributed by atoms with Crippen LogP contribution in [0.15, 0.2) is 56.7 Å². The Kier molecular flexibility index (Phi) is 4.07. The highest BCUT2D eigenvalue weighted by Gasteiger charge is 2.04. The lowest BCUT2D eigenvalue weighted by atomic mass is 10.3. The molecule has 0 aromatic heterocycles. The molecule has 0 saturated carbocycles. The van der Waals surface area contributed by atoms with E-state index >= 15 is 0 Å². The Bertz CT molecular complexity index is 513. The number of halogens is 2. The van der Waals surface area contributed by atoms with Crippen LogP contribution >= 0.6 is 27.7 Å². The maximum absolute atomic E-state index is 13.1. The standard InChI is InChI=1S/C13H10BrFOS/c1-16-10-3-5-11(6-4-10)17-13-8-9(15)2-7-12(13)14/h2-8H,1H3. The third kappa shape index (κ3) is 3.23. The van der Waals surface area contributed by atoms with Gasteiger partial charge in [-0.3, -0.25) is 0 Å². The van der Waals surface area contributed by atoms with Gasteiger partial charge in [0.25, 0.3) is 0 Å². The van der Waals surface area contributed by atoms with Crippen LogP contribution in [-0.4, -0.2) is 7.11 Å². The summed E-state index contributed by atoms with van der Waals surface area (Å²) in [5.74, 6) is 0.580. The monoisotopic (exact) mass is 312 g/mol. The molecule has 17 heavy (non-hydrogen) atoms. The molecule has 0 spiro atoms. The van der Waals surface area contributed by atoms with Crippen LogP contribution in [0.3, 0.4) is 0 Å². The predicted molar refractivity (Wildman–Crippen MR) is 71.2 cm³/mol. The lowest BCUT2D eigenvalue weighted by Crippen LogP contribution is -1.82. The molecule has 0 unspecified atom stereocenters. The summed E-state index contributed by atoms with van der Waals surface area (Å²) in [7, 11) is 1.63. The van der Waals surface area contributed by atoms with Gasteiger partial charge in [0.15, 0.2) is 0 Å². The second-order valence-corrected chi connectivity index (χ2v) is 5.32. The van der Waals surface area contributed by atoms with E-state index in [0.717, 1.165) is 20.0 Å². The largest absolute Gasteiger partial charge is 0.497 e. The second-order valence-electron chi connectivity index (χ2n) is 3.35. The molecule has 0 aliphatic rings. The Morgan fingerprint density at radius 2 is 1.82 bits per heavy atom. The smallest absolute Gasteiger partial charge is 0.124 e. The van der Waals surface area contributed by atoms with E-state index in [0.29, 0.717) is 0 Å². The van der Waals surface area contributed by atoms with Crippen LogP contribution in [0.25, 0.3) is 0 Å². The summed E-state index contributed by atoms with van der Waals surface area (Å²) >= 11 is 4.91. The molecule has 0 heterocycles. The van der Waals surface area contributed by atoms with E-state index in [-0.39, 0.29) is 5.82 Å². The van der Waals surface area contributed by atoms with Crippen LogP contribution in [-0.2, 0) is 0 Å². The molecule has 0 radical (unpaired) electrons. The van der Waals surface area contributed by atoms with Crippen molar-refractivity contribution in [1.29, 1.82) is 0 Å². The summed E-state index contributed by atoms with van der Waals surface area (Å²) in [6, 6.07) is 12.3. The summed E-state index contributed by atoms with van der Waals surface area (Å²) in [6.07, 6.45) is 0. The number of hydrogen-bond acceptors (Lipinski definition) is 2. The molecule has 2 aromatic carbocycles. The molecule has 0 aliphatic carbocycles. The topological polar surface area (TPSA) is 9.23 Å². The minimum Gasteiger partial charge on any atom is -0.497 e. The second kappa shape index (κ2) is 5.56. The number of methoxy groups -OCH3 is 1. The number of rotatable bonds is 3. The highest BCUT2D eigenvalue weighted by Crippen LogP contribution is 2.34. The SMILES string of the molecule is COc1ccc(Sc2cc(F)ccc2Br)cc1. The molecule has 1 nitrogen and oxygen atoms in total. The summed E-state index contributed by atoms with van der Waals surface area (Å²) in [4.78, 5) is 1.90. The Morgan fingerprint density at radius 3 is 2.47 bits per heavy atom. The van der Waals surface area contributed by atoms with Gasteiger partial charge in [0.1, 0.15) is 11.6 Å². The normalized spacial score (nSPS) is 10.3. The average molecular weight is 313 g/mol. The summed E-state index contributed by atoms with van der Waals surface area (Å²) in [5, 5.41) is 0. The highest BCUT2D eigenvalue weighted by atomic mass is 79.9. The minimum absolute atomic E-state index is 0.232. The molecule has 0 amide bonds. The maximum atomic E-state index is 13.1. The molecule has 0 fully saturated rings. The van der Waals surface area contributed by atoms with Crippen LogP contribution in [0.5, 0.6) is 5.75 Å².